The fraction of sp³-hybridized carbons (Fsp3) is 0.750. The van der Waals surface area contributed by atoms with E-state index in [2.05, 4.69) is 4.99 Å². The number of hydrogen-bond donors (Lipinski definition) is 2. The van der Waals surface area contributed by atoms with Gasteiger partial charge in [0.1, 0.15) is 11.8 Å². The molecule has 1 heterocycles. The highest BCUT2D eigenvalue weighted by molar-refractivity contribution is 5.84. The van der Waals surface area contributed by atoms with Crippen molar-refractivity contribution in [3.8, 4) is 0 Å². The Morgan fingerprint density at radius 2 is 1.72 bits per heavy atom. The van der Waals surface area contributed by atoms with Crippen molar-refractivity contribution in [2.75, 3.05) is 6.54 Å². The summed E-state index contributed by atoms with van der Waals surface area (Å²) in [7, 11) is 0. The summed E-state index contributed by atoms with van der Waals surface area (Å²) < 4.78 is 67.8. The first-order valence-corrected chi connectivity index (χ1v) is 4.63. The Kier molecular flexibility index (Phi) is 5.43. The van der Waals surface area contributed by atoms with Crippen LogP contribution in [0.15, 0.2) is 4.99 Å². The molecule has 1 unspecified atom stereocenters. The second kappa shape index (κ2) is 5.91. The molecule has 1 aliphatic heterocycles. The molecular weight excluding hydrogens is 270 g/mol. The Morgan fingerprint density at radius 3 is 1.94 bits per heavy atom. The number of amidine groups is 1. The van der Waals surface area contributed by atoms with E-state index in [0.717, 1.165) is 0 Å². The van der Waals surface area contributed by atoms with Crippen molar-refractivity contribution in [2.24, 2.45) is 16.6 Å². The molecule has 1 aliphatic rings. The Morgan fingerprint density at radius 1 is 1.28 bits per heavy atom. The second-order valence-corrected chi connectivity index (χ2v) is 3.35. The minimum atomic E-state index is -5.08. The zero-order chi connectivity index (χ0) is 14.6. The average Bonchev–Trinajstić information content (AvgIpc) is 2.15. The van der Waals surface area contributed by atoms with Gasteiger partial charge in [0, 0.05) is 6.54 Å². The fourth-order valence-electron chi connectivity index (χ4n) is 1.09. The van der Waals surface area contributed by atoms with Gasteiger partial charge in [-0.15, -0.1) is 0 Å². The number of carboxylic acids is 1. The van der Waals surface area contributed by atoms with Crippen LogP contribution in [0.1, 0.15) is 12.8 Å². The number of halogens is 6. The van der Waals surface area contributed by atoms with Crippen molar-refractivity contribution in [3.63, 3.8) is 0 Å². The first-order chi connectivity index (χ1) is 7.96. The van der Waals surface area contributed by atoms with Gasteiger partial charge < -0.3 is 10.8 Å². The maximum atomic E-state index is 12.0. The van der Waals surface area contributed by atoms with Crippen LogP contribution in [0.3, 0.4) is 0 Å². The van der Waals surface area contributed by atoms with Crippen molar-refractivity contribution in [1.29, 1.82) is 0 Å². The molecule has 1 rings (SSSR count). The third-order valence-corrected chi connectivity index (χ3v) is 1.94. The van der Waals surface area contributed by atoms with E-state index in [4.69, 9.17) is 15.6 Å². The molecule has 0 amide bonds. The molecule has 18 heavy (non-hydrogen) atoms. The summed E-state index contributed by atoms with van der Waals surface area (Å²) in [5.41, 5.74) is 5.10. The minimum Gasteiger partial charge on any atom is -0.475 e. The van der Waals surface area contributed by atoms with Gasteiger partial charge in [-0.3, -0.25) is 4.99 Å². The molecule has 0 aromatic heterocycles. The molecule has 0 aliphatic carbocycles. The number of aliphatic carboxylic acids is 1. The highest BCUT2D eigenvalue weighted by Crippen LogP contribution is 2.31. The van der Waals surface area contributed by atoms with Gasteiger partial charge >= 0.3 is 18.3 Å². The van der Waals surface area contributed by atoms with Crippen LogP contribution >= 0.6 is 0 Å². The van der Waals surface area contributed by atoms with E-state index in [1.165, 1.54) is 0 Å². The first-order valence-electron chi connectivity index (χ1n) is 4.63. The number of alkyl halides is 6. The highest BCUT2D eigenvalue weighted by Gasteiger charge is 2.42. The predicted molar refractivity (Wildman–Crippen MR) is 49.0 cm³/mol. The van der Waals surface area contributed by atoms with E-state index in [-0.39, 0.29) is 12.3 Å². The molecule has 0 aromatic carbocycles. The van der Waals surface area contributed by atoms with Gasteiger partial charge in [-0.05, 0) is 12.8 Å². The molecular formula is C8H10F6N2O2. The number of carbonyl (C=O) groups is 1. The van der Waals surface area contributed by atoms with Crippen molar-refractivity contribution in [2.45, 2.75) is 25.2 Å². The van der Waals surface area contributed by atoms with Crippen LogP contribution in [0.25, 0.3) is 0 Å². The summed E-state index contributed by atoms with van der Waals surface area (Å²) in [5.74, 6) is -4.52. The number of nitrogens with two attached hydrogens (primary N) is 1. The van der Waals surface area contributed by atoms with Crippen LogP contribution in [0.5, 0.6) is 0 Å². The van der Waals surface area contributed by atoms with Crippen molar-refractivity contribution in [1.82, 2.24) is 0 Å². The Labute approximate surface area is 97.5 Å². The van der Waals surface area contributed by atoms with Crippen LogP contribution in [0.4, 0.5) is 26.3 Å². The summed E-state index contributed by atoms with van der Waals surface area (Å²) in [6.45, 7) is 0.429. The molecule has 0 saturated carbocycles. The molecule has 1 atom stereocenters. The van der Waals surface area contributed by atoms with Gasteiger partial charge in [-0.2, -0.15) is 26.3 Å². The topological polar surface area (TPSA) is 75.7 Å². The summed E-state index contributed by atoms with van der Waals surface area (Å²) in [6.07, 6.45) is -8.74. The summed E-state index contributed by atoms with van der Waals surface area (Å²) in [6, 6.07) is 0. The molecule has 4 nitrogen and oxygen atoms in total. The third-order valence-electron chi connectivity index (χ3n) is 1.94. The predicted octanol–water partition coefficient (Wildman–Crippen LogP) is 1.95. The van der Waals surface area contributed by atoms with Crippen LogP contribution in [-0.2, 0) is 4.79 Å². The average molecular weight is 280 g/mol. The standard InChI is InChI=1S/C6H9F3N2.C2HF3O2/c7-6(8,9)4-2-1-3-11-5(4)10;3-2(4,5)1(6)7/h4H,1-3H2,(H2,10,11);(H,6,7). The van der Waals surface area contributed by atoms with Gasteiger partial charge in [0.25, 0.3) is 0 Å². The number of rotatable bonds is 0. The molecule has 0 bridgehead atoms. The summed E-state index contributed by atoms with van der Waals surface area (Å²) in [4.78, 5) is 12.4. The van der Waals surface area contributed by atoms with Gasteiger partial charge in [-0.25, -0.2) is 4.79 Å². The Hall–Kier alpha value is -1.48. The van der Waals surface area contributed by atoms with Crippen LogP contribution in [0, 0.1) is 5.92 Å². The van der Waals surface area contributed by atoms with Gasteiger partial charge in [0.2, 0.25) is 0 Å². The normalized spacial score (nSPS) is 20.6. The molecule has 0 radical (unpaired) electrons. The van der Waals surface area contributed by atoms with E-state index in [9.17, 15) is 26.3 Å². The third kappa shape index (κ3) is 5.73. The molecule has 3 N–H and O–H groups in total. The van der Waals surface area contributed by atoms with Crippen molar-refractivity contribution in [3.05, 3.63) is 0 Å². The smallest absolute Gasteiger partial charge is 0.475 e. The fourth-order valence-corrected chi connectivity index (χ4v) is 1.09. The molecule has 0 spiro atoms. The maximum absolute atomic E-state index is 12.0. The monoisotopic (exact) mass is 280 g/mol. The number of nitrogens with zero attached hydrogens (tertiary/aromatic N) is 1. The van der Waals surface area contributed by atoms with Crippen LogP contribution < -0.4 is 5.73 Å². The van der Waals surface area contributed by atoms with Gasteiger partial charge in [0.05, 0.1) is 0 Å². The summed E-state index contributed by atoms with van der Waals surface area (Å²) >= 11 is 0. The van der Waals surface area contributed by atoms with Gasteiger partial charge in [-0.1, -0.05) is 0 Å². The SMILES string of the molecule is NC1=NCCCC1C(F)(F)F.O=C(O)C(F)(F)F. The first kappa shape index (κ1) is 16.5. The summed E-state index contributed by atoms with van der Waals surface area (Å²) in [5, 5.41) is 7.12. The lowest BCUT2D eigenvalue weighted by molar-refractivity contribution is -0.192. The largest absolute Gasteiger partial charge is 0.490 e. The maximum Gasteiger partial charge on any atom is 0.490 e. The van der Waals surface area contributed by atoms with E-state index in [1.54, 1.807) is 0 Å². The van der Waals surface area contributed by atoms with Crippen LogP contribution in [-0.4, -0.2) is 35.8 Å². The highest BCUT2D eigenvalue weighted by atomic mass is 19.4. The van der Waals surface area contributed by atoms with E-state index in [0.29, 0.717) is 13.0 Å². The Balaban J connectivity index is 0.000000360. The second-order valence-electron chi connectivity index (χ2n) is 3.35. The lowest BCUT2D eigenvalue weighted by Gasteiger charge is -2.22. The molecule has 0 saturated heterocycles. The van der Waals surface area contributed by atoms with E-state index in [1.807, 2.05) is 0 Å². The van der Waals surface area contributed by atoms with E-state index < -0.39 is 24.2 Å². The molecule has 0 fully saturated rings. The zero-order valence-corrected chi connectivity index (χ0v) is 8.85. The Bertz CT molecular complexity index is 323. The van der Waals surface area contributed by atoms with E-state index >= 15 is 0 Å². The number of aliphatic imine (C=N–C) groups is 1. The number of hydrogen-bond acceptors (Lipinski definition) is 3. The zero-order valence-electron chi connectivity index (χ0n) is 8.85. The van der Waals surface area contributed by atoms with Crippen LogP contribution in [0.2, 0.25) is 0 Å². The molecule has 10 heteroatoms. The minimum absolute atomic E-state index is 0.0822. The lowest BCUT2D eigenvalue weighted by Crippen LogP contribution is -2.38. The number of carboxylic acid groups (broad SMARTS) is 1. The lowest BCUT2D eigenvalue weighted by atomic mass is 9.99. The van der Waals surface area contributed by atoms with Crippen molar-refractivity contribution < 1.29 is 36.2 Å². The molecule has 106 valence electrons. The van der Waals surface area contributed by atoms with Gasteiger partial charge in [0.15, 0.2) is 0 Å². The van der Waals surface area contributed by atoms with Crippen molar-refractivity contribution >= 4 is 11.8 Å². The molecule has 0 aromatic rings. The quantitative estimate of drug-likeness (QED) is 0.666.